The Hall–Kier alpha value is -1.56. The Morgan fingerprint density at radius 1 is 1.24 bits per heavy atom. The Labute approximate surface area is 121 Å². The van der Waals surface area contributed by atoms with Crippen LogP contribution < -0.4 is 0 Å². The first-order valence-corrected chi connectivity index (χ1v) is 7.11. The highest BCUT2D eigenvalue weighted by Gasteiger charge is 2.38. The van der Waals surface area contributed by atoms with Gasteiger partial charge in [-0.15, -0.1) is 0 Å². The van der Waals surface area contributed by atoms with Crippen LogP contribution in [0.4, 0.5) is 13.2 Å². The quantitative estimate of drug-likeness (QED) is 0.863. The second kappa shape index (κ2) is 5.02. The molecular weight excluding hydrogens is 279 g/mol. The van der Waals surface area contributed by atoms with Crippen molar-refractivity contribution in [2.75, 3.05) is 19.6 Å². The number of alkyl halides is 3. The Bertz CT molecular complexity index is 639. The summed E-state index contributed by atoms with van der Waals surface area (Å²) in [4.78, 5) is 6.07. The maximum Gasteiger partial charge on any atom is 0.401 e. The third-order valence-electron chi connectivity index (χ3n) is 3.85. The minimum Gasteiger partial charge on any atom is -0.322 e. The van der Waals surface area contributed by atoms with Crippen LogP contribution >= 0.6 is 0 Å². The number of imidazole rings is 1. The van der Waals surface area contributed by atoms with E-state index in [2.05, 4.69) is 23.4 Å². The van der Waals surface area contributed by atoms with E-state index >= 15 is 0 Å². The molecule has 1 aliphatic rings. The summed E-state index contributed by atoms with van der Waals surface area (Å²) in [6.45, 7) is 4.15. The molecule has 3 rings (SSSR count). The van der Waals surface area contributed by atoms with Crippen LogP contribution in [0.5, 0.6) is 0 Å². The molecule has 0 spiro atoms. The van der Waals surface area contributed by atoms with Gasteiger partial charge >= 0.3 is 6.18 Å². The van der Waals surface area contributed by atoms with Gasteiger partial charge in [-0.3, -0.25) is 4.90 Å². The molecule has 0 atom stereocenters. The van der Waals surface area contributed by atoms with Crippen molar-refractivity contribution < 1.29 is 13.2 Å². The first-order valence-electron chi connectivity index (χ1n) is 7.11. The van der Waals surface area contributed by atoms with Gasteiger partial charge in [0.25, 0.3) is 0 Å². The maximum atomic E-state index is 12.4. The van der Waals surface area contributed by atoms with Crippen LogP contribution in [0, 0.1) is 0 Å². The van der Waals surface area contributed by atoms with Crippen LogP contribution in [0.25, 0.3) is 11.0 Å². The zero-order chi connectivity index (χ0) is 15.2. The van der Waals surface area contributed by atoms with Gasteiger partial charge in [-0.05, 0) is 12.1 Å². The van der Waals surface area contributed by atoms with E-state index in [0.29, 0.717) is 13.1 Å². The van der Waals surface area contributed by atoms with Gasteiger partial charge in [0.2, 0.25) is 0 Å². The van der Waals surface area contributed by atoms with Crippen LogP contribution in [-0.2, 0) is 0 Å². The number of halogens is 3. The van der Waals surface area contributed by atoms with Gasteiger partial charge in [-0.2, -0.15) is 13.2 Å². The molecule has 1 saturated heterocycles. The number of hydrogen-bond donors (Lipinski definition) is 0. The normalized spacial score (nSPS) is 17.6. The molecule has 1 aliphatic heterocycles. The molecular formula is C15H18F3N3. The minimum absolute atomic E-state index is 0.0807. The maximum absolute atomic E-state index is 12.4. The SMILES string of the molecule is CC(C)c1nc2ccccc2n1C1CN(CC(F)(F)F)C1. The molecule has 6 heteroatoms. The first kappa shape index (κ1) is 14.4. The molecule has 0 radical (unpaired) electrons. The van der Waals surface area contributed by atoms with Crippen molar-refractivity contribution in [2.24, 2.45) is 0 Å². The van der Waals surface area contributed by atoms with E-state index in [9.17, 15) is 13.2 Å². The van der Waals surface area contributed by atoms with Crippen LogP contribution in [0.15, 0.2) is 24.3 Å². The lowest BCUT2D eigenvalue weighted by molar-refractivity contribution is -0.157. The third kappa shape index (κ3) is 2.77. The van der Waals surface area contributed by atoms with E-state index in [-0.39, 0.29) is 12.0 Å². The average Bonchev–Trinajstić information content (AvgIpc) is 2.71. The molecule has 1 fully saturated rings. The molecule has 1 aromatic carbocycles. The van der Waals surface area contributed by atoms with E-state index in [0.717, 1.165) is 16.9 Å². The van der Waals surface area contributed by atoms with Crippen molar-refractivity contribution in [1.82, 2.24) is 14.5 Å². The van der Waals surface area contributed by atoms with Gasteiger partial charge in [-0.1, -0.05) is 26.0 Å². The standard InChI is InChI=1S/C15H18F3N3/c1-10(2)14-19-12-5-3-4-6-13(12)21(14)11-7-20(8-11)9-15(16,17)18/h3-6,10-11H,7-9H2,1-2H3. The summed E-state index contributed by atoms with van der Waals surface area (Å²) < 4.78 is 39.3. The second-order valence-electron chi connectivity index (χ2n) is 5.95. The number of rotatable bonds is 3. The molecule has 2 heterocycles. The van der Waals surface area contributed by atoms with Crippen LogP contribution in [0.3, 0.4) is 0 Å². The predicted molar refractivity (Wildman–Crippen MR) is 75.4 cm³/mol. The number of aromatic nitrogens is 2. The number of fused-ring (bicyclic) bond motifs is 1. The van der Waals surface area contributed by atoms with Crippen molar-refractivity contribution in [1.29, 1.82) is 0 Å². The Morgan fingerprint density at radius 3 is 2.52 bits per heavy atom. The molecule has 1 aromatic heterocycles. The molecule has 114 valence electrons. The van der Waals surface area contributed by atoms with Crippen LogP contribution in [-0.4, -0.2) is 40.3 Å². The third-order valence-corrected chi connectivity index (χ3v) is 3.85. The Balaban J connectivity index is 1.86. The molecule has 2 aromatic rings. The molecule has 0 unspecified atom stereocenters. The summed E-state index contributed by atoms with van der Waals surface area (Å²) in [6, 6.07) is 7.89. The molecule has 0 saturated carbocycles. The van der Waals surface area contributed by atoms with E-state index < -0.39 is 12.7 Å². The lowest BCUT2D eigenvalue weighted by Gasteiger charge is -2.41. The van der Waals surface area contributed by atoms with Crippen molar-refractivity contribution >= 4 is 11.0 Å². The van der Waals surface area contributed by atoms with Crippen molar-refractivity contribution in [3.05, 3.63) is 30.1 Å². The monoisotopic (exact) mass is 297 g/mol. The van der Waals surface area contributed by atoms with Gasteiger partial charge in [0.15, 0.2) is 0 Å². The molecule has 0 amide bonds. The number of benzene rings is 1. The zero-order valence-electron chi connectivity index (χ0n) is 12.1. The van der Waals surface area contributed by atoms with E-state index in [1.807, 2.05) is 24.3 Å². The van der Waals surface area contributed by atoms with Gasteiger partial charge < -0.3 is 4.57 Å². The molecule has 3 nitrogen and oxygen atoms in total. The molecule has 21 heavy (non-hydrogen) atoms. The smallest absolute Gasteiger partial charge is 0.322 e. The second-order valence-corrected chi connectivity index (χ2v) is 5.95. The summed E-state index contributed by atoms with van der Waals surface area (Å²) in [7, 11) is 0. The summed E-state index contributed by atoms with van der Waals surface area (Å²) in [5.41, 5.74) is 1.92. The van der Waals surface area contributed by atoms with Gasteiger partial charge in [0.1, 0.15) is 5.82 Å². The lowest BCUT2D eigenvalue weighted by atomic mass is 10.1. The fourth-order valence-corrected chi connectivity index (χ4v) is 2.94. The van der Waals surface area contributed by atoms with Crippen LogP contribution in [0.2, 0.25) is 0 Å². The number of nitrogens with zero attached hydrogens (tertiary/aromatic N) is 3. The zero-order valence-corrected chi connectivity index (χ0v) is 12.1. The summed E-state index contributed by atoms with van der Waals surface area (Å²) in [5, 5.41) is 0. The van der Waals surface area contributed by atoms with Crippen LogP contribution in [0.1, 0.15) is 31.6 Å². The predicted octanol–water partition coefficient (Wildman–Crippen LogP) is 3.58. The molecule has 0 aliphatic carbocycles. The highest BCUT2D eigenvalue weighted by Crippen LogP contribution is 2.32. The highest BCUT2D eigenvalue weighted by molar-refractivity contribution is 5.76. The topological polar surface area (TPSA) is 21.1 Å². The minimum atomic E-state index is -4.12. The molecule has 0 bridgehead atoms. The van der Waals surface area contributed by atoms with E-state index in [4.69, 9.17) is 0 Å². The van der Waals surface area contributed by atoms with Crippen molar-refractivity contribution in [3.8, 4) is 0 Å². The summed E-state index contributed by atoms with van der Waals surface area (Å²) in [5.74, 6) is 1.20. The number of hydrogen-bond acceptors (Lipinski definition) is 2. The fraction of sp³-hybridized carbons (Fsp3) is 0.533. The molecule has 0 N–H and O–H groups in total. The highest BCUT2D eigenvalue weighted by atomic mass is 19.4. The Kier molecular flexibility index (Phi) is 3.43. The average molecular weight is 297 g/mol. The van der Waals surface area contributed by atoms with Crippen molar-refractivity contribution in [2.45, 2.75) is 32.0 Å². The summed E-state index contributed by atoms with van der Waals surface area (Å²) in [6.07, 6.45) is -4.12. The largest absolute Gasteiger partial charge is 0.401 e. The lowest BCUT2D eigenvalue weighted by Crippen LogP contribution is -2.51. The first-order chi connectivity index (χ1) is 9.85. The number of para-hydroxylation sites is 2. The van der Waals surface area contributed by atoms with Gasteiger partial charge in [0.05, 0.1) is 23.6 Å². The Morgan fingerprint density at radius 2 is 1.90 bits per heavy atom. The van der Waals surface area contributed by atoms with Gasteiger partial charge in [-0.25, -0.2) is 4.98 Å². The summed E-state index contributed by atoms with van der Waals surface area (Å²) >= 11 is 0. The fourth-order valence-electron chi connectivity index (χ4n) is 2.94. The number of likely N-dealkylation sites (tertiary alicyclic amines) is 1. The van der Waals surface area contributed by atoms with Crippen molar-refractivity contribution in [3.63, 3.8) is 0 Å². The van der Waals surface area contributed by atoms with E-state index in [1.54, 1.807) is 0 Å². The van der Waals surface area contributed by atoms with E-state index in [1.165, 1.54) is 4.90 Å². The van der Waals surface area contributed by atoms with Gasteiger partial charge in [0, 0.05) is 19.0 Å².